The van der Waals surface area contributed by atoms with Crippen LogP contribution in [0.2, 0.25) is 0 Å². The van der Waals surface area contributed by atoms with Crippen molar-refractivity contribution in [2.24, 2.45) is 12.8 Å². The molecular formula is C15H20N4. The molecule has 0 saturated carbocycles. The first kappa shape index (κ1) is 12.4. The van der Waals surface area contributed by atoms with Gasteiger partial charge in [-0.05, 0) is 18.1 Å². The lowest BCUT2D eigenvalue weighted by Crippen LogP contribution is -2.27. The van der Waals surface area contributed by atoms with Crippen molar-refractivity contribution in [2.45, 2.75) is 26.1 Å². The van der Waals surface area contributed by atoms with Crippen LogP contribution in [0, 0.1) is 6.92 Å². The van der Waals surface area contributed by atoms with Gasteiger partial charge < -0.3 is 5.73 Å². The lowest BCUT2D eigenvalue weighted by molar-refractivity contribution is 0.211. The summed E-state index contributed by atoms with van der Waals surface area (Å²) in [5.41, 5.74) is 11.3. The van der Waals surface area contributed by atoms with E-state index < -0.39 is 0 Å². The van der Waals surface area contributed by atoms with Crippen LogP contribution in [0.5, 0.6) is 0 Å². The summed E-state index contributed by atoms with van der Waals surface area (Å²) in [6.07, 6.45) is 4.00. The number of aromatic nitrogens is 2. The van der Waals surface area contributed by atoms with Crippen molar-refractivity contribution in [1.29, 1.82) is 0 Å². The Morgan fingerprint density at radius 2 is 2.26 bits per heavy atom. The van der Waals surface area contributed by atoms with Crippen molar-refractivity contribution >= 4 is 0 Å². The highest BCUT2D eigenvalue weighted by molar-refractivity contribution is 5.37. The van der Waals surface area contributed by atoms with E-state index in [0.717, 1.165) is 13.1 Å². The van der Waals surface area contributed by atoms with Crippen LogP contribution in [-0.2, 0) is 20.1 Å². The molecule has 100 valence electrons. The van der Waals surface area contributed by atoms with Gasteiger partial charge in [-0.15, -0.1) is 0 Å². The number of hydrogen-bond donors (Lipinski definition) is 1. The van der Waals surface area contributed by atoms with Crippen molar-refractivity contribution in [2.75, 3.05) is 6.54 Å². The third kappa shape index (κ3) is 2.29. The molecule has 0 amide bonds. The molecule has 0 spiro atoms. The molecule has 4 heteroatoms. The van der Waals surface area contributed by atoms with Gasteiger partial charge in [-0.1, -0.05) is 23.8 Å². The van der Waals surface area contributed by atoms with Gasteiger partial charge >= 0.3 is 0 Å². The number of rotatable bonds is 3. The summed E-state index contributed by atoms with van der Waals surface area (Å²) in [7, 11) is 1.95. The predicted molar refractivity (Wildman–Crippen MR) is 75.4 cm³/mol. The maximum atomic E-state index is 5.99. The minimum atomic E-state index is 0.329. The molecule has 0 bridgehead atoms. The van der Waals surface area contributed by atoms with Gasteiger partial charge in [-0.3, -0.25) is 9.58 Å². The van der Waals surface area contributed by atoms with Crippen molar-refractivity contribution in [3.8, 4) is 0 Å². The van der Waals surface area contributed by atoms with E-state index in [9.17, 15) is 0 Å². The molecule has 0 aliphatic carbocycles. The van der Waals surface area contributed by atoms with Crippen molar-refractivity contribution in [1.82, 2.24) is 14.7 Å². The van der Waals surface area contributed by atoms with Gasteiger partial charge in [-0.25, -0.2) is 0 Å². The van der Waals surface area contributed by atoms with Crippen molar-refractivity contribution < 1.29 is 0 Å². The minimum absolute atomic E-state index is 0.329. The van der Waals surface area contributed by atoms with Gasteiger partial charge in [0.2, 0.25) is 0 Å². The maximum absolute atomic E-state index is 5.99. The Morgan fingerprint density at radius 3 is 2.95 bits per heavy atom. The van der Waals surface area contributed by atoms with E-state index >= 15 is 0 Å². The van der Waals surface area contributed by atoms with E-state index in [2.05, 4.69) is 41.3 Å². The molecular weight excluding hydrogens is 236 g/mol. The number of nitrogens with two attached hydrogens (primary N) is 1. The first-order valence-electron chi connectivity index (χ1n) is 6.68. The molecule has 4 nitrogen and oxygen atoms in total. The summed E-state index contributed by atoms with van der Waals surface area (Å²) < 4.78 is 1.85. The lowest BCUT2D eigenvalue weighted by atomic mass is 10.0. The second-order valence-corrected chi connectivity index (χ2v) is 5.38. The number of hydrogen-bond acceptors (Lipinski definition) is 3. The molecule has 2 heterocycles. The first-order valence-corrected chi connectivity index (χ1v) is 6.68. The molecule has 0 radical (unpaired) electrons. The molecule has 1 aliphatic heterocycles. The average molecular weight is 256 g/mol. The summed E-state index contributed by atoms with van der Waals surface area (Å²) in [5.74, 6) is 0. The second kappa shape index (κ2) is 4.79. The maximum Gasteiger partial charge on any atom is 0.0534 e. The fourth-order valence-electron chi connectivity index (χ4n) is 2.92. The Hall–Kier alpha value is -1.65. The number of aryl methyl sites for hydroxylation is 2. The molecule has 1 atom stereocenters. The number of benzene rings is 1. The quantitative estimate of drug-likeness (QED) is 0.910. The molecule has 1 aromatic carbocycles. The van der Waals surface area contributed by atoms with Gasteiger partial charge in [0.05, 0.1) is 6.20 Å². The van der Waals surface area contributed by atoms with Crippen LogP contribution < -0.4 is 5.73 Å². The Balaban J connectivity index is 1.85. The van der Waals surface area contributed by atoms with Crippen LogP contribution in [0.1, 0.15) is 28.3 Å². The highest BCUT2D eigenvalue weighted by atomic mass is 15.2. The Labute approximate surface area is 113 Å². The van der Waals surface area contributed by atoms with Gasteiger partial charge in [0.25, 0.3) is 0 Å². The summed E-state index contributed by atoms with van der Waals surface area (Å²) in [6.45, 7) is 4.68. The van der Waals surface area contributed by atoms with Crippen LogP contribution in [-0.4, -0.2) is 21.2 Å². The highest BCUT2D eigenvalue weighted by Gasteiger charge is 2.29. The fraction of sp³-hybridized carbons (Fsp3) is 0.400. The molecule has 2 aromatic rings. The van der Waals surface area contributed by atoms with Gasteiger partial charge in [-0.2, -0.15) is 5.10 Å². The third-order valence-corrected chi connectivity index (χ3v) is 3.84. The SMILES string of the molecule is Cc1ccc2c(c1)C(CN)N(Cc1cnn(C)c1)C2. The fourth-order valence-corrected chi connectivity index (χ4v) is 2.92. The summed E-state index contributed by atoms with van der Waals surface area (Å²) in [6, 6.07) is 7.02. The van der Waals surface area contributed by atoms with Crippen LogP contribution in [0.4, 0.5) is 0 Å². The van der Waals surface area contributed by atoms with Gasteiger partial charge in [0.1, 0.15) is 0 Å². The highest BCUT2D eigenvalue weighted by Crippen LogP contribution is 2.34. The molecule has 19 heavy (non-hydrogen) atoms. The Morgan fingerprint density at radius 1 is 1.42 bits per heavy atom. The zero-order valence-electron chi connectivity index (χ0n) is 11.5. The molecule has 1 aliphatic rings. The zero-order chi connectivity index (χ0) is 13.4. The van der Waals surface area contributed by atoms with Crippen LogP contribution >= 0.6 is 0 Å². The Bertz CT molecular complexity index is 588. The summed E-state index contributed by atoms with van der Waals surface area (Å²) >= 11 is 0. The monoisotopic (exact) mass is 256 g/mol. The van der Waals surface area contributed by atoms with E-state index in [1.807, 2.05) is 17.9 Å². The van der Waals surface area contributed by atoms with Crippen LogP contribution in [0.25, 0.3) is 0 Å². The van der Waals surface area contributed by atoms with Crippen molar-refractivity contribution in [3.05, 3.63) is 52.8 Å². The van der Waals surface area contributed by atoms with Crippen molar-refractivity contribution in [3.63, 3.8) is 0 Å². The largest absolute Gasteiger partial charge is 0.329 e. The molecule has 0 fully saturated rings. The van der Waals surface area contributed by atoms with E-state index in [4.69, 9.17) is 5.73 Å². The number of nitrogens with zero attached hydrogens (tertiary/aromatic N) is 3. The molecule has 0 saturated heterocycles. The molecule has 1 aromatic heterocycles. The van der Waals surface area contributed by atoms with Gasteiger partial charge in [0, 0.05) is 44.5 Å². The van der Waals surface area contributed by atoms with Crippen LogP contribution in [0.15, 0.2) is 30.6 Å². The normalized spacial score (nSPS) is 18.8. The zero-order valence-corrected chi connectivity index (χ0v) is 11.5. The lowest BCUT2D eigenvalue weighted by Gasteiger charge is -2.23. The standard InChI is InChI=1S/C15H20N4/c1-11-3-4-13-10-19(15(6-16)14(13)5-11)9-12-7-17-18(2)8-12/h3-5,7-8,15H,6,9-10,16H2,1-2H3. The van der Waals surface area contributed by atoms with E-state index in [-0.39, 0.29) is 0 Å². The van der Waals surface area contributed by atoms with E-state index in [0.29, 0.717) is 12.6 Å². The molecule has 3 rings (SSSR count). The second-order valence-electron chi connectivity index (χ2n) is 5.38. The molecule has 1 unspecified atom stereocenters. The average Bonchev–Trinajstić information content (AvgIpc) is 2.93. The smallest absolute Gasteiger partial charge is 0.0534 e. The predicted octanol–water partition coefficient (Wildman–Crippen LogP) is 1.74. The third-order valence-electron chi connectivity index (χ3n) is 3.84. The van der Waals surface area contributed by atoms with Gasteiger partial charge in [0.15, 0.2) is 0 Å². The summed E-state index contributed by atoms with van der Waals surface area (Å²) in [4.78, 5) is 2.43. The van der Waals surface area contributed by atoms with Crippen LogP contribution in [0.3, 0.4) is 0 Å². The number of fused-ring (bicyclic) bond motifs is 1. The summed E-state index contributed by atoms with van der Waals surface area (Å²) in [5, 5.41) is 4.23. The topological polar surface area (TPSA) is 47.1 Å². The Kier molecular flexibility index (Phi) is 3.12. The first-order chi connectivity index (χ1) is 9.17. The van der Waals surface area contributed by atoms with E-state index in [1.165, 1.54) is 22.3 Å². The minimum Gasteiger partial charge on any atom is -0.329 e. The molecule has 2 N–H and O–H groups in total. The van der Waals surface area contributed by atoms with E-state index in [1.54, 1.807) is 0 Å².